The average molecular weight is 387 g/mol. The third kappa shape index (κ3) is 5.40. The second-order valence-corrected chi connectivity index (χ2v) is 9.10. The first kappa shape index (κ1) is 19.6. The van der Waals surface area contributed by atoms with Crippen molar-refractivity contribution in [2.75, 3.05) is 19.3 Å². The van der Waals surface area contributed by atoms with Gasteiger partial charge in [-0.15, -0.1) is 0 Å². The quantitative estimate of drug-likeness (QED) is 0.829. The maximum atomic E-state index is 12.5. The van der Waals surface area contributed by atoms with Gasteiger partial charge in [0.2, 0.25) is 0 Å². The van der Waals surface area contributed by atoms with Crippen LogP contribution in [0.3, 0.4) is 0 Å². The number of hydrogen-bond donors (Lipinski definition) is 1. The molecule has 1 heterocycles. The number of carbonyl (C=O) groups excluding carboxylic acids is 1. The molecule has 0 unspecified atom stereocenters. The molecule has 0 spiro atoms. The van der Waals surface area contributed by atoms with Crippen LogP contribution in [-0.2, 0) is 22.9 Å². The van der Waals surface area contributed by atoms with Crippen molar-refractivity contribution < 1.29 is 13.2 Å². The molecular weight excluding hydrogens is 360 g/mol. The summed E-state index contributed by atoms with van der Waals surface area (Å²) in [6.07, 6.45) is 4.94. The molecule has 1 aliphatic rings. The number of amides is 1. The lowest BCUT2D eigenvalue weighted by atomic mass is 10.0. The molecule has 0 bridgehead atoms. The number of piperidine rings is 1. The Bertz CT molecular complexity index is 903. The predicted octanol–water partition coefficient (Wildman–Crippen LogP) is 3.01. The Morgan fingerprint density at radius 2 is 1.70 bits per heavy atom. The van der Waals surface area contributed by atoms with Gasteiger partial charge in [0.15, 0.2) is 9.84 Å². The number of likely N-dealkylation sites (tertiary alicyclic amines) is 1. The van der Waals surface area contributed by atoms with Crippen LogP contribution in [0.15, 0.2) is 53.4 Å². The largest absolute Gasteiger partial charge is 0.348 e. The van der Waals surface area contributed by atoms with Crippen LogP contribution in [-0.4, -0.2) is 38.6 Å². The highest BCUT2D eigenvalue weighted by molar-refractivity contribution is 7.90. The van der Waals surface area contributed by atoms with E-state index in [1.54, 1.807) is 12.1 Å². The zero-order valence-corrected chi connectivity index (χ0v) is 16.5. The molecule has 0 atom stereocenters. The van der Waals surface area contributed by atoms with Gasteiger partial charge in [-0.3, -0.25) is 9.69 Å². The zero-order valence-electron chi connectivity index (χ0n) is 15.6. The first-order valence-corrected chi connectivity index (χ1v) is 11.2. The van der Waals surface area contributed by atoms with E-state index in [9.17, 15) is 13.2 Å². The van der Waals surface area contributed by atoms with E-state index in [2.05, 4.69) is 16.3 Å². The standard InChI is InChI=1S/C21H26N2O3S/c1-27(25,26)20-11-7-10-17(14-20)21(24)22-15-18-8-3-4-9-19(18)16-23-12-5-2-6-13-23/h3-4,7-11,14H,2,5-6,12-13,15-16H2,1H3,(H,22,24). The number of sulfone groups is 1. The van der Waals surface area contributed by atoms with Crippen molar-refractivity contribution >= 4 is 15.7 Å². The van der Waals surface area contributed by atoms with Crippen molar-refractivity contribution in [3.63, 3.8) is 0 Å². The first-order chi connectivity index (χ1) is 12.9. The zero-order chi connectivity index (χ0) is 19.3. The number of hydrogen-bond acceptors (Lipinski definition) is 4. The van der Waals surface area contributed by atoms with Crippen molar-refractivity contribution in [3.8, 4) is 0 Å². The Morgan fingerprint density at radius 3 is 2.41 bits per heavy atom. The number of nitrogens with zero attached hydrogens (tertiary/aromatic N) is 1. The Morgan fingerprint density at radius 1 is 1.00 bits per heavy atom. The summed E-state index contributed by atoms with van der Waals surface area (Å²) >= 11 is 0. The van der Waals surface area contributed by atoms with Gasteiger partial charge in [0, 0.05) is 24.9 Å². The lowest BCUT2D eigenvalue weighted by molar-refractivity contribution is 0.0950. The number of benzene rings is 2. The molecule has 1 saturated heterocycles. The Kier molecular flexibility index (Phi) is 6.29. The molecule has 0 aliphatic carbocycles. The Balaban J connectivity index is 1.67. The van der Waals surface area contributed by atoms with Crippen LogP contribution in [0, 0.1) is 0 Å². The first-order valence-electron chi connectivity index (χ1n) is 9.31. The maximum absolute atomic E-state index is 12.5. The summed E-state index contributed by atoms with van der Waals surface area (Å²) < 4.78 is 23.4. The van der Waals surface area contributed by atoms with Gasteiger partial charge in [0.25, 0.3) is 5.91 Å². The van der Waals surface area contributed by atoms with Crippen LogP contribution >= 0.6 is 0 Å². The third-order valence-corrected chi connectivity index (χ3v) is 6.04. The summed E-state index contributed by atoms with van der Waals surface area (Å²) in [6, 6.07) is 14.3. The molecule has 3 rings (SSSR count). The van der Waals surface area contributed by atoms with Crippen LogP contribution in [0.1, 0.15) is 40.7 Å². The molecule has 2 aromatic carbocycles. The second-order valence-electron chi connectivity index (χ2n) is 7.09. The molecule has 0 saturated carbocycles. The SMILES string of the molecule is CS(=O)(=O)c1cccc(C(=O)NCc2ccccc2CN2CCCCC2)c1. The summed E-state index contributed by atoms with van der Waals surface area (Å²) in [4.78, 5) is 15.1. The molecule has 1 fully saturated rings. The lowest BCUT2D eigenvalue weighted by Crippen LogP contribution is -2.30. The van der Waals surface area contributed by atoms with Crippen LogP contribution in [0.4, 0.5) is 0 Å². The van der Waals surface area contributed by atoms with E-state index in [0.717, 1.165) is 31.5 Å². The van der Waals surface area contributed by atoms with Crippen LogP contribution in [0.25, 0.3) is 0 Å². The Hall–Kier alpha value is -2.18. The number of rotatable bonds is 6. The fourth-order valence-electron chi connectivity index (χ4n) is 3.39. The molecular formula is C21H26N2O3S. The summed E-state index contributed by atoms with van der Waals surface area (Å²) in [5, 5.41) is 2.92. The van der Waals surface area contributed by atoms with Gasteiger partial charge in [-0.25, -0.2) is 8.42 Å². The van der Waals surface area contributed by atoms with Crippen molar-refractivity contribution in [2.24, 2.45) is 0 Å². The van der Waals surface area contributed by atoms with E-state index in [1.807, 2.05) is 18.2 Å². The molecule has 6 heteroatoms. The smallest absolute Gasteiger partial charge is 0.251 e. The molecule has 1 amide bonds. The maximum Gasteiger partial charge on any atom is 0.251 e. The van der Waals surface area contributed by atoms with E-state index in [0.29, 0.717) is 12.1 Å². The predicted molar refractivity (Wildman–Crippen MR) is 106 cm³/mol. The van der Waals surface area contributed by atoms with E-state index in [1.165, 1.54) is 37.0 Å². The normalized spacial score (nSPS) is 15.4. The fraction of sp³-hybridized carbons (Fsp3) is 0.381. The third-order valence-electron chi connectivity index (χ3n) is 4.92. The lowest BCUT2D eigenvalue weighted by Gasteiger charge is -2.27. The Labute approximate surface area is 161 Å². The molecule has 0 aromatic heterocycles. The van der Waals surface area contributed by atoms with Gasteiger partial charge in [-0.05, 0) is 55.3 Å². The minimum Gasteiger partial charge on any atom is -0.348 e. The molecule has 1 aliphatic heterocycles. The van der Waals surface area contributed by atoms with Crippen molar-refractivity contribution in [2.45, 2.75) is 37.2 Å². The van der Waals surface area contributed by atoms with Gasteiger partial charge in [0.1, 0.15) is 0 Å². The van der Waals surface area contributed by atoms with Crippen LogP contribution < -0.4 is 5.32 Å². The van der Waals surface area contributed by atoms with Crippen molar-refractivity contribution in [1.82, 2.24) is 10.2 Å². The monoisotopic (exact) mass is 386 g/mol. The van der Waals surface area contributed by atoms with E-state index in [4.69, 9.17) is 0 Å². The minimum atomic E-state index is -3.33. The molecule has 5 nitrogen and oxygen atoms in total. The van der Waals surface area contributed by atoms with Crippen molar-refractivity contribution in [3.05, 3.63) is 65.2 Å². The molecule has 144 valence electrons. The van der Waals surface area contributed by atoms with E-state index >= 15 is 0 Å². The summed E-state index contributed by atoms with van der Waals surface area (Å²) in [6.45, 7) is 3.57. The molecule has 2 aromatic rings. The van der Waals surface area contributed by atoms with E-state index < -0.39 is 9.84 Å². The van der Waals surface area contributed by atoms with Gasteiger partial charge in [0.05, 0.1) is 4.90 Å². The second kappa shape index (κ2) is 8.67. The highest BCUT2D eigenvalue weighted by Gasteiger charge is 2.14. The summed E-state index contributed by atoms with van der Waals surface area (Å²) in [5.74, 6) is -0.270. The van der Waals surface area contributed by atoms with Crippen LogP contribution in [0.5, 0.6) is 0 Å². The topological polar surface area (TPSA) is 66.5 Å². The molecule has 0 radical (unpaired) electrons. The number of carbonyl (C=O) groups is 1. The van der Waals surface area contributed by atoms with Gasteiger partial charge in [-0.1, -0.05) is 36.8 Å². The number of nitrogens with one attached hydrogen (secondary N) is 1. The molecule has 1 N–H and O–H groups in total. The van der Waals surface area contributed by atoms with Crippen molar-refractivity contribution in [1.29, 1.82) is 0 Å². The fourth-order valence-corrected chi connectivity index (χ4v) is 4.05. The van der Waals surface area contributed by atoms with Gasteiger partial charge in [-0.2, -0.15) is 0 Å². The van der Waals surface area contributed by atoms with E-state index in [-0.39, 0.29) is 10.8 Å². The summed E-state index contributed by atoms with van der Waals surface area (Å²) in [7, 11) is -3.33. The molecule has 27 heavy (non-hydrogen) atoms. The highest BCUT2D eigenvalue weighted by atomic mass is 32.2. The summed E-state index contributed by atoms with van der Waals surface area (Å²) in [5.41, 5.74) is 2.67. The van der Waals surface area contributed by atoms with Gasteiger partial charge >= 0.3 is 0 Å². The highest BCUT2D eigenvalue weighted by Crippen LogP contribution is 2.17. The minimum absolute atomic E-state index is 0.153. The van der Waals surface area contributed by atoms with Crippen LogP contribution in [0.2, 0.25) is 0 Å². The average Bonchev–Trinajstić information content (AvgIpc) is 2.67. The van der Waals surface area contributed by atoms with Gasteiger partial charge < -0.3 is 5.32 Å².